The van der Waals surface area contributed by atoms with E-state index in [-0.39, 0.29) is 0 Å². The third kappa shape index (κ3) is 3.27. The molecule has 0 heterocycles. The van der Waals surface area contributed by atoms with E-state index in [9.17, 15) is 4.21 Å². The molecule has 1 unspecified atom stereocenters. The molecule has 0 saturated heterocycles. The second-order valence-corrected chi connectivity index (χ2v) is 2.75. The minimum absolute atomic E-state index is 0.777. The second-order valence-electron chi connectivity index (χ2n) is 1.99. The van der Waals surface area contributed by atoms with Crippen LogP contribution in [0.4, 0.5) is 5.69 Å². The van der Waals surface area contributed by atoms with Gasteiger partial charge < -0.3 is 4.55 Å². The molecule has 2 N–H and O–H groups in total. The van der Waals surface area contributed by atoms with Gasteiger partial charge in [0.1, 0.15) is 5.55 Å². The van der Waals surface area contributed by atoms with E-state index in [1.807, 2.05) is 18.2 Å². The van der Waals surface area contributed by atoms with Crippen LogP contribution in [0.5, 0.6) is 0 Å². The highest BCUT2D eigenvalue weighted by atomic mass is 32.2. The summed E-state index contributed by atoms with van der Waals surface area (Å²) < 4.78 is 18.4. The molecule has 0 aliphatic heterocycles. The lowest BCUT2D eigenvalue weighted by Gasteiger charge is -1.96. The van der Waals surface area contributed by atoms with E-state index in [0.717, 1.165) is 11.2 Å². The van der Waals surface area contributed by atoms with Gasteiger partial charge in [-0.2, -0.15) is 5.10 Å². The third-order valence-electron chi connectivity index (χ3n) is 1.11. The van der Waals surface area contributed by atoms with Crippen LogP contribution in [0.25, 0.3) is 0 Å². The molecule has 5 heteroatoms. The SMILES string of the molecule is O=S(O)/C=N/Nc1ccccc1. The van der Waals surface area contributed by atoms with Crippen molar-refractivity contribution in [3.8, 4) is 0 Å². The molecule has 0 saturated carbocycles. The normalized spacial score (nSPS) is 13.1. The molecule has 0 aromatic heterocycles. The van der Waals surface area contributed by atoms with Crippen LogP contribution in [0.2, 0.25) is 0 Å². The molecule has 1 aromatic carbocycles. The number of hydrogen-bond acceptors (Lipinski definition) is 3. The summed E-state index contributed by atoms with van der Waals surface area (Å²) >= 11 is -1.99. The smallest absolute Gasteiger partial charge is 0.199 e. The van der Waals surface area contributed by atoms with E-state index in [4.69, 9.17) is 4.55 Å². The monoisotopic (exact) mass is 184 g/mol. The summed E-state index contributed by atoms with van der Waals surface area (Å²) in [7, 11) is 0. The van der Waals surface area contributed by atoms with Gasteiger partial charge in [0.25, 0.3) is 0 Å². The molecule has 0 aliphatic carbocycles. The van der Waals surface area contributed by atoms with Gasteiger partial charge in [0, 0.05) is 0 Å². The molecule has 1 atom stereocenters. The molecule has 0 amide bonds. The Balaban J connectivity index is 2.49. The van der Waals surface area contributed by atoms with Gasteiger partial charge in [0.15, 0.2) is 11.1 Å². The van der Waals surface area contributed by atoms with Gasteiger partial charge in [-0.25, -0.2) is 4.21 Å². The minimum atomic E-state index is -1.99. The molecule has 0 aliphatic rings. The second kappa shape index (κ2) is 4.63. The zero-order chi connectivity index (χ0) is 8.81. The Morgan fingerprint density at radius 3 is 2.67 bits per heavy atom. The maximum Gasteiger partial charge on any atom is 0.199 e. The zero-order valence-electron chi connectivity index (χ0n) is 6.18. The fourth-order valence-electron chi connectivity index (χ4n) is 0.659. The predicted octanol–water partition coefficient (Wildman–Crippen LogP) is 1.26. The van der Waals surface area contributed by atoms with E-state index >= 15 is 0 Å². The topological polar surface area (TPSA) is 61.7 Å². The molecule has 1 rings (SSSR count). The van der Waals surface area contributed by atoms with Gasteiger partial charge >= 0.3 is 0 Å². The van der Waals surface area contributed by atoms with Crippen molar-refractivity contribution in [3.63, 3.8) is 0 Å². The molecule has 0 radical (unpaired) electrons. The molecule has 0 fully saturated rings. The van der Waals surface area contributed by atoms with Gasteiger partial charge in [0.05, 0.1) is 5.69 Å². The summed E-state index contributed by atoms with van der Waals surface area (Å²) in [6, 6.07) is 9.16. The zero-order valence-corrected chi connectivity index (χ0v) is 6.99. The fraction of sp³-hybridized carbons (Fsp3) is 0. The molecule has 1 aromatic rings. The van der Waals surface area contributed by atoms with Gasteiger partial charge in [-0.3, -0.25) is 5.43 Å². The van der Waals surface area contributed by atoms with Crippen molar-refractivity contribution in [3.05, 3.63) is 30.3 Å². The van der Waals surface area contributed by atoms with Crippen LogP contribution < -0.4 is 5.43 Å². The molecular formula is C7H8N2O2S. The maximum atomic E-state index is 10.1. The lowest BCUT2D eigenvalue weighted by molar-refractivity contribution is 0.578. The Morgan fingerprint density at radius 1 is 1.42 bits per heavy atom. The van der Waals surface area contributed by atoms with Crippen molar-refractivity contribution in [1.82, 2.24) is 0 Å². The Bertz CT molecular complexity index is 287. The van der Waals surface area contributed by atoms with E-state index in [1.165, 1.54) is 0 Å². The third-order valence-corrected chi connectivity index (χ3v) is 1.40. The first-order chi connectivity index (χ1) is 5.79. The molecular weight excluding hydrogens is 176 g/mol. The first-order valence-electron chi connectivity index (χ1n) is 3.23. The van der Waals surface area contributed by atoms with Crippen molar-refractivity contribution in [2.24, 2.45) is 5.10 Å². The van der Waals surface area contributed by atoms with Crippen LogP contribution in [-0.4, -0.2) is 14.3 Å². The van der Waals surface area contributed by atoms with Crippen molar-refractivity contribution < 1.29 is 8.76 Å². The summed E-state index contributed by atoms with van der Waals surface area (Å²) in [5.74, 6) is 0. The molecule has 4 nitrogen and oxygen atoms in total. The van der Waals surface area contributed by atoms with Gasteiger partial charge in [-0.05, 0) is 12.1 Å². The Morgan fingerprint density at radius 2 is 2.08 bits per heavy atom. The largest absolute Gasteiger partial charge is 0.301 e. The molecule has 12 heavy (non-hydrogen) atoms. The van der Waals surface area contributed by atoms with Crippen LogP contribution in [0.3, 0.4) is 0 Å². The Kier molecular flexibility index (Phi) is 3.43. The minimum Gasteiger partial charge on any atom is -0.301 e. The average molecular weight is 184 g/mol. The highest BCUT2D eigenvalue weighted by molar-refractivity contribution is 7.93. The number of benzene rings is 1. The van der Waals surface area contributed by atoms with Crippen LogP contribution in [-0.2, 0) is 11.1 Å². The van der Waals surface area contributed by atoms with Gasteiger partial charge in [-0.15, -0.1) is 0 Å². The van der Waals surface area contributed by atoms with E-state index in [1.54, 1.807) is 12.1 Å². The maximum absolute atomic E-state index is 10.1. The Labute approximate surface area is 72.6 Å². The number of rotatable bonds is 3. The van der Waals surface area contributed by atoms with Crippen LogP contribution in [0.1, 0.15) is 0 Å². The predicted molar refractivity (Wildman–Crippen MR) is 49.3 cm³/mol. The molecule has 0 bridgehead atoms. The number of nitrogens with one attached hydrogen (secondary N) is 1. The Hall–Kier alpha value is -1.20. The van der Waals surface area contributed by atoms with Crippen LogP contribution >= 0.6 is 0 Å². The summed E-state index contributed by atoms with van der Waals surface area (Å²) in [5, 5.41) is 3.52. The highest BCUT2D eigenvalue weighted by Gasteiger charge is 1.85. The number of hydrogen-bond donors (Lipinski definition) is 2. The van der Waals surface area contributed by atoms with Crippen molar-refractivity contribution in [2.45, 2.75) is 0 Å². The van der Waals surface area contributed by atoms with E-state index < -0.39 is 11.1 Å². The number of para-hydroxylation sites is 1. The van der Waals surface area contributed by atoms with E-state index in [0.29, 0.717) is 0 Å². The van der Waals surface area contributed by atoms with Crippen LogP contribution in [0.15, 0.2) is 35.4 Å². The van der Waals surface area contributed by atoms with Crippen molar-refractivity contribution >= 4 is 22.3 Å². The number of anilines is 1. The van der Waals surface area contributed by atoms with Gasteiger partial charge in [0.2, 0.25) is 0 Å². The standard InChI is InChI=1S/C7H8N2O2S/c10-12(11)6-8-9-7-4-2-1-3-5-7/h1-6,9H,(H,10,11)/b8-6+. The summed E-state index contributed by atoms with van der Waals surface area (Å²) in [6.07, 6.45) is 0. The van der Waals surface area contributed by atoms with E-state index in [2.05, 4.69) is 10.5 Å². The number of nitrogens with zero attached hydrogens (tertiary/aromatic N) is 1. The van der Waals surface area contributed by atoms with Crippen molar-refractivity contribution in [2.75, 3.05) is 5.43 Å². The summed E-state index contributed by atoms with van der Waals surface area (Å²) in [6.45, 7) is 0. The van der Waals surface area contributed by atoms with Crippen molar-refractivity contribution in [1.29, 1.82) is 0 Å². The molecule has 0 spiro atoms. The lowest BCUT2D eigenvalue weighted by Crippen LogP contribution is -1.92. The lowest BCUT2D eigenvalue weighted by atomic mass is 10.3. The van der Waals surface area contributed by atoms with Gasteiger partial charge in [-0.1, -0.05) is 18.2 Å². The quantitative estimate of drug-likeness (QED) is 0.322. The first kappa shape index (κ1) is 8.89. The fourth-order valence-corrected chi connectivity index (χ4v) is 0.802. The first-order valence-corrected chi connectivity index (χ1v) is 4.40. The highest BCUT2D eigenvalue weighted by Crippen LogP contribution is 2.03. The molecule has 64 valence electrons. The summed E-state index contributed by atoms with van der Waals surface area (Å²) in [5.41, 5.74) is 4.28. The summed E-state index contributed by atoms with van der Waals surface area (Å²) in [4.78, 5) is 0. The number of hydrazone groups is 1. The van der Waals surface area contributed by atoms with Crippen LogP contribution in [0, 0.1) is 0 Å². The average Bonchev–Trinajstić information content (AvgIpc) is 2.05.